The Morgan fingerprint density at radius 3 is 2.23 bits per heavy atom. The molecule has 0 unspecified atom stereocenters. The Labute approximate surface area is 206 Å². The van der Waals surface area contributed by atoms with Crippen LogP contribution >= 0.6 is 12.2 Å². The van der Waals surface area contributed by atoms with Crippen molar-refractivity contribution in [2.75, 3.05) is 4.90 Å². The Morgan fingerprint density at radius 2 is 1.54 bits per heavy atom. The van der Waals surface area contributed by atoms with Gasteiger partial charge in [-0.25, -0.2) is 0 Å². The molecule has 0 atom stereocenters. The minimum atomic E-state index is -0.583. The maximum Gasteiger partial charge on any atom is 0.270 e. The van der Waals surface area contributed by atoms with Crippen molar-refractivity contribution in [2.24, 2.45) is 0 Å². The first-order valence-electron chi connectivity index (χ1n) is 10.8. The number of amides is 2. The van der Waals surface area contributed by atoms with E-state index in [1.807, 2.05) is 60.7 Å². The summed E-state index contributed by atoms with van der Waals surface area (Å²) < 4.78 is 11.3. The van der Waals surface area contributed by atoms with Crippen LogP contribution in [0.4, 0.5) is 5.69 Å². The lowest BCUT2D eigenvalue weighted by atomic mass is 10.0. The largest absolute Gasteiger partial charge is 0.457 e. The van der Waals surface area contributed by atoms with Gasteiger partial charge in [0.25, 0.3) is 11.8 Å². The second-order valence-corrected chi connectivity index (χ2v) is 8.13. The number of hydrogen-bond acceptors (Lipinski definition) is 6. The monoisotopic (exact) mass is 481 g/mol. The average molecular weight is 482 g/mol. The first-order chi connectivity index (χ1) is 17.0. The van der Waals surface area contributed by atoms with Crippen LogP contribution in [0.2, 0.25) is 0 Å². The van der Waals surface area contributed by atoms with Crippen LogP contribution in [0, 0.1) is 6.92 Å². The molecule has 1 N–H and O–H groups in total. The smallest absolute Gasteiger partial charge is 0.270 e. The molecule has 1 aliphatic heterocycles. The van der Waals surface area contributed by atoms with Gasteiger partial charge in [-0.05, 0) is 61.6 Å². The maximum absolute atomic E-state index is 13.4. The summed E-state index contributed by atoms with van der Waals surface area (Å²) in [4.78, 5) is 27.5. The number of carbonyl (C=O) groups is 2. The molecule has 1 aliphatic rings. The molecule has 0 bridgehead atoms. The third kappa shape index (κ3) is 4.47. The third-order valence-electron chi connectivity index (χ3n) is 5.41. The molecule has 2 amide bonds. The summed E-state index contributed by atoms with van der Waals surface area (Å²) in [5, 5.41) is 6.63. The topological polar surface area (TPSA) is 84.7 Å². The highest BCUT2D eigenvalue weighted by atomic mass is 32.1. The van der Waals surface area contributed by atoms with Gasteiger partial charge in [-0.15, -0.1) is 0 Å². The molecule has 0 saturated carbocycles. The predicted octanol–water partition coefficient (Wildman–Crippen LogP) is 5.27. The molecule has 172 valence electrons. The van der Waals surface area contributed by atoms with Crippen LogP contribution < -0.4 is 15.0 Å². The summed E-state index contributed by atoms with van der Waals surface area (Å²) in [6.45, 7) is 1.75. The van der Waals surface area contributed by atoms with Gasteiger partial charge in [0.05, 0.1) is 11.4 Å². The van der Waals surface area contributed by atoms with Crippen LogP contribution in [0.3, 0.4) is 0 Å². The molecule has 1 aromatic heterocycles. The molecule has 4 aromatic rings. The number of aryl methyl sites for hydroxylation is 1. The van der Waals surface area contributed by atoms with Crippen molar-refractivity contribution in [3.05, 3.63) is 102 Å². The number of ether oxygens (including phenoxy) is 1. The molecule has 0 aliphatic carbocycles. The maximum atomic E-state index is 13.4. The van der Waals surface area contributed by atoms with Gasteiger partial charge >= 0.3 is 0 Å². The van der Waals surface area contributed by atoms with E-state index in [1.165, 1.54) is 11.0 Å². The van der Waals surface area contributed by atoms with Gasteiger partial charge < -0.3 is 9.26 Å². The van der Waals surface area contributed by atoms with E-state index in [2.05, 4.69) is 10.5 Å². The van der Waals surface area contributed by atoms with Crippen molar-refractivity contribution < 1.29 is 18.8 Å². The summed E-state index contributed by atoms with van der Waals surface area (Å²) >= 11 is 5.31. The number of thiocarbonyl (C=S) groups is 1. The normalized spacial score (nSPS) is 14.8. The highest BCUT2D eigenvalue weighted by Gasteiger charge is 2.35. The molecule has 0 spiro atoms. The first kappa shape index (κ1) is 22.2. The van der Waals surface area contributed by atoms with E-state index in [1.54, 1.807) is 31.2 Å². The van der Waals surface area contributed by atoms with Crippen LogP contribution in [-0.4, -0.2) is 22.1 Å². The molecule has 5 rings (SSSR count). The number of anilines is 1. The fourth-order valence-corrected chi connectivity index (χ4v) is 3.95. The zero-order valence-corrected chi connectivity index (χ0v) is 19.4. The molecular weight excluding hydrogens is 462 g/mol. The lowest BCUT2D eigenvalue weighted by Gasteiger charge is -2.29. The van der Waals surface area contributed by atoms with Gasteiger partial charge in [0.15, 0.2) is 10.9 Å². The number of benzene rings is 3. The van der Waals surface area contributed by atoms with Crippen molar-refractivity contribution in [3.63, 3.8) is 0 Å². The number of rotatable bonds is 5. The predicted molar refractivity (Wildman–Crippen MR) is 136 cm³/mol. The second-order valence-electron chi connectivity index (χ2n) is 7.74. The second kappa shape index (κ2) is 9.36. The number of aromatic nitrogens is 1. The van der Waals surface area contributed by atoms with E-state index in [0.29, 0.717) is 34.2 Å². The molecule has 3 aromatic carbocycles. The fraction of sp³-hybridized carbons (Fsp3) is 0.0370. The summed E-state index contributed by atoms with van der Waals surface area (Å²) in [5.74, 6) is 0.636. The molecule has 2 heterocycles. The summed E-state index contributed by atoms with van der Waals surface area (Å²) in [5.41, 5.74) is 2.31. The summed E-state index contributed by atoms with van der Waals surface area (Å²) in [6, 6.07) is 25.6. The van der Waals surface area contributed by atoms with E-state index in [-0.39, 0.29) is 10.7 Å². The third-order valence-corrected chi connectivity index (χ3v) is 5.69. The molecule has 8 heteroatoms. The number of carbonyl (C=O) groups excluding carboxylic acids is 2. The van der Waals surface area contributed by atoms with Crippen molar-refractivity contribution in [1.82, 2.24) is 10.5 Å². The van der Waals surface area contributed by atoms with Crippen molar-refractivity contribution in [3.8, 4) is 22.8 Å². The molecule has 7 nitrogen and oxygen atoms in total. The number of nitrogens with one attached hydrogen (secondary N) is 1. The van der Waals surface area contributed by atoms with Gasteiger partial charge in [-0.1, -0.05) is 53.7 Å². The van der Waals surface area contributed by atoms with E-state index >= 15 is 0 Å². The zero-order valence-electron chi connectivity index (χ0n) is 18.6. The van der Waals surface area contributed by atoms with Crippen molar-refractivity contribution >= 4 is 40.9 Å². The summed E-state index contributed by atoms with van der Waals surface area (Å²) in [7, 11) is 0. The number of hydrogen-bond donors (Lipinski definition) is 1. The Morgan fingerprint density at radius 1 is 0.914 bits per heavy atom. The molecule has 1 fully saturated rings. The quantitative estimate of drug-likeness (QED) is 0.237. The van der Waals surface area contributed by atoms with E-state index in [0.717, 1.165) is 5.56 Å². The van der Waals surface area contributed by atoms with Gasteiger partial charge in [0, 0.05) is 11.1 Å². The van der Waals surface area contributed by atoms with Gasteiger partial charge in [0.1, 0.15) is 17.1 Å². The molecule has 35 heavy (non-hydrogen) atoms. The Kier molecular flexibility index (Phi) is 5.95. The Balaban J connectivity index is 1.46. The van der Waals surface area contributed by atoms with Crippen LogP contribution in [0.15, 0.2) is 95.0 Å². The molecule has 0 radical (unpaired) electrons. The fourth-order valence-electron chi connectivity index (χ4n) is 3.67. The first-order valence-corrected chi connectivity index (χ1v) is 11.2. The Hall–Kier alpha value is -4.56. The van der Waals surface area contributed by atoms with Gasteiger partial charge in [0.2, 0.25) is 0 Å². The summed E-state index contributed by atoms with van der Waals surface area (Å²) in [6.07, 6.45) is 1.49. The standard InChI is InChI=1S/C27H19N3O4S/c1-17-22(24(34-29-17)18-8-4-2-5-9-18)16-23-25(31)28-27(35)30(26(23)32)19-12-14-21(15-13-19)33-20-10-6-3-7-11-20/h2-16H,1H3,(H,28,31,35)/b23-16-. The number of nitrogens with zero attached hydrogens (tertiary/aromatic N) is 2. The lowest BCUT2D eigenvalue weighted by Crippen LogP contribution is -2.54. The molecular formula is C27H19N3O4S. The van der Waals surface area contributed by atoms with Crippen LogP contribution in [0.1, 0.15) is 11.3 Å². The zero-order chi connectivity index (χ0) is 24.4. The van der Waals surface area contributed by atoms with Crippen LogP contribution in [-0.2, 0) is 9.59 Å². The van der Waals surface area contributed by atoms with E-state index in [4.69, 9.17) is 21.5 Å². The van der Waals surface area contributed by atoms with Crippen molar-refractivity contribution in [2.45, 2.75) is 6.92 Å². The average Bonchev–Trinajstić information content (AvgIpc) is 3.24. The van der Waals surface area contributed by atoms with Crippen LogP contribution in [0.25, 0.3) is 17.4 Å². The van der Waals surface area contributed by atoms with Crippen LogP contribution in [0.5, 0.6) is 11.5 Å². The minimum Gasteiger partial charge on any atom is -0.457 e. The van der Waals surface area contributed by atoms with Gasteiger partial charge in [-0.3, -0.25) is 19.8 Å². The lowest BCUT2D eigenvalue weighted by molar-refractivity contribution is -0.122. The van der Waals surface area contributed by atoms with Gasteiger partial charge in [-0.2, -0.15) is 0 Å². The number of para-hydroxylation sites is 1. The highest BCUT2D eigenvalue weighted by molar-refractivity contribution is 7.80. The van der Waals surface area contributed by atoms with E-state index < -0.39 is 11.8 Å². The highest BCUT2D eigenvalue weighted by Crippen LogP contribution is 2.30. The SMILES string of the molecule is Cc1noc(-c2ccccc2)c1/C=C1/C(=O)NC(=S)N(c2ccc(Oc3ccccc3)cc2)C1=O. The Bertz CT molecular complexity index is 1450. The minimum absolute atomic E-state index is 0.000740. The molecule has 1 saturated heterocycles. The van der Waals surface area contributed by atoms with E-state index in [9.17, 15) is 9.59 Å². The van der Waals surface area contributed by atoms with Crippen molar-refractivity contribution in [1.29, 1.82) is 0 Å².